The van der Waals surface area contributed by atoms with Gasteiger partial charge in [0, 0.05) is 19.0 Å². The number of hydrogen-bond acceptors (Lipinski definition) is 6. The van der Waals surface area contributed by atoms with Gasteiger partial charge in [0.05, 0.1) is 18.9 Å². The molecule has 26 heavy (non-hydrogen) atoms. The van der Waals surface area contributed by atoms with Crippen molar-refractivity contribution in [3.63, 3.8) is 0 Å². The monoisotopic (exact) mass is 360 g/mol. The molecule has 0 aromatic carbocycles. The summed E-state index contributed by atoms with van der Waals surface area (Å²) in [6, 6.07) is 6.43. The molecule has 0 bridgehead atoms. The van der Waals surface area contributed by atoms with Gasteiger partial charge >= 0.3 is 0 Å². The van der Waals surface area contributed by atoms with E-state index in [-0.39, 0.29) is 18.7 Å². The lowest BCUT2D eigenvalue weighted by Gasteiger charge is -2.04. The Morgan fingerprint density at radius 1 is 0.846 bits per heavy atom. The fraction of sp³-hybridized carbons (Fsp3) is 0.333. The first-order valence-corrected chi connectivity index (χ1v) is 8.27. The minimum atomic E-state index is -0.711. The molecule has 8 nitrogen and oxygen atoms in total. The number of carbonyl (C=O) groups excluding carboxylic acids is 4. The fourth-order valence-electron chi connectivity index (χ4n) is 2.18. The summed E-state index contributed by atoms with van der Waals surface area (Å²) in [5.74, 6) is -1.79. The molecule has 138 valence electrons. The molecule has 0 aliphatic carbocycles. The summed E-state index contributed by atoms with van der Waals surface area (Å²) < 4.78 is 9.94. The highest BCUT2D eigenvalue weighted by molar-refractivity contribution is 6.40. The molecule has 0 atom stereocenters. The zero-order valence-corrected chi connectivity index (χ0v) is 14.2. The maximum atomic E-state index is 11.7. The third kappa shape index (κ3) is 6.39. The molecule has 0 saturated carbocycles. The molecule has 0 aliphatic rings. The number of anilines is 1. The SMILES string of the molecule is O=C(Cc1ccco1)C(=O)NCCCCCC(=O)C(=O)Nc1ccco1. The summed E-state index contributed by atoms with van der Waals surface area (Å²) in [4.78, 5) is 46.6. The largest absolute Gasteiger partial charge is 0.469 e. The van der Waals surface area contributed by atoms with Gasteiger partial charge in [-0.3, -0.25) is 24.5 Å². The molecule has 0 spiro atoms. The van der Waals surface area contributed by atoms with Crippen LogP contribution in [0.25, 0.3) is 0 Å². The second-order valence-electron chi connectivity index (χ2n) is 5.60. The van der Waals surface area contributed by atoms with Gasteiger partial charge in [-0.25, -0.2) is 0 Å². The van der Waals surface area contributed by atoms with Crippen LogP contribution in [0.1, 0.15) is 31.4 Å². The van der Waals surface area contributed by atoms with Crippen LogP contribution in [0.2, 0.25) is 0 Å². The molecule has 0 fully saturated rings. The van der Waals surface area contributed by atoms with Crippen molar-refractivity contribution in [2.75, 3.05) is 11.9 Å². The molecule has 2 aromatic rings. The molecule has 2 rings (SSSR count). The van der Waals surface area contributed by atoms with E-state index in [9.17, 15) is 19.2 Å². The highest BCUT2D eigenvalue weighted by atomic mass is 16.3. The van der Waals surface area contributed by atoms with Gasteiger partial charge in [0.15, 0.2) is 5.88 Å². The Hall–Kier alpha value is -3.16. The first-order valence-electron chi connectivity index (χ1n) is 8.27. The van der Waals surface area contributed by atoms with Crippen LogP contribution in [0.5, 0.6) is 0 Å². The first kappa shape index (κ1) is 19.2. The lowest BCUT2D eigenvalue weighted by atomic mass is 10.1. The standard InChI is InChI=1S/C18H20N2O6/c21-14(18(24)20-16-8-5-11-26-16)7-2-1-3-9-19-17(23)15(22)12-13-6-4-10-25-13/h4-6,8,10-11H,1-3,7,9,12H2,(H,19,23)(H,20,24). The van der Waals surface area contributed by atoms with Crippen molar-refractivity contribution < 1.29 is 28.0 Å². The Labute approximate surface area is 149 Å². The molecular formula is C18H20N2O6. The van der Waals surface area contributed by atoms with Crippen LogP contribution in [0.3, 0.4) is 0 Å². The van der Waals surface area contributed by atoms with Gasteiger partial charge < -0.3 is 14.2 Å². The van der Waals surface area contributed by atoms with E-state index in [1.54, 1.807) is 24.3 Å². The van der Waals surface area contributed by atoms with Gasteiger partial charge in [-0.05, 0) is 31.0 Å². The predicted octanol–water partition coefficient (Wildman–Crippen LogP) is 1.87. The minimum Gasteiger partial charge on any atom is -0.469 e. The van der Waals surface area contributed by atoms with E-state index in [2.05, 4.69) is 10.6 Å². The van der Waals surface area contributed by atoms with Gasteiger partial charge in [0.1, 0.15) is 5.76 Å². The number of ketones is 2. The van der Waals surface area contributed by atoms with E-state index in [1.807, 2.05) is 0 Å². The van der Waals surface area contributed by atoms with Crippen molar-refractivity contribution in [2.45, 2.75) is 32.1 Å². The number of Topliss-reactive ketones (excluding diaryl/α,β-unsaturated/α-hetero) is 2. The predicted molar refractivity (Wildman–Crippen MR) is 91.2 cm³/mol. The highest BCUT2D eigenvalue weighted by Crippen LogP contribution is 2.08. The van der Waals surface area contributed by atoms with Crippen LogP contribution in [0.4, 0.5) is 5.88 Å². The number of rotatable bonds is 11. The average Bonchev–Trinajstić information content (AvgIpc) is 3.31. The molecule has 0 saturated heterocycles. The number of furan rings is 2. The molecule has 2 heterocycles. The summed E-state index contributed by atoms with van der Waals surface area (Å²) in [5.41, 5.74) is 0. The van der Waals surface area contributed by atoms with Crippen molar-refractivity contribution >= 4 is 29.3 Å². The molecule has 2 amide bonds. The van der Waals surface area contributed by atoms with Crippen LogP contribution in [-0.4, -0.2) is 29.9 Å². The second-order valence-corrected chi connectivity index (χ2v) is 5.60. The van der Waals surface area contributed by atoms with Crippen molar-refractivity contribution in [1.82, 2.24) is 5.32 Å². The number of unbranched alkanes of at least 4 members (excludes halogenated alkanes) is 2. The number of nitrogens with one attached hydrogen (secondary N) is 2. The molecule has 0 unspecified atom stereocenters. The Morgan fingerprint density at radius 2 is 1.62 bits per heavy atom. The van der Waals surface area contributed by atoms with Crippen LogP contribution in [0.15, 0.2) is 45.6 Å². The zero-order chi connectivity index (χ0) is 18.8. The topological polar surface area (TPSA) is 119 Å². The number of hydrogen-bond donors (Lipinski definition) is 2. The molecule has 0 aliphatic heterocycles. The second kappa shape index (κ2) is 9.97. The van der Waals surface area contributed by atoms with Crippen molar-refractivity contribution in [1.29, 1.82) is 0 Å². The van der Waals surface area contributed by atoms with E-state index in [1.165, 1.54) is 12.5 Å². The fourth-order valence-corrected chi connectivity index (χ4v) is 2.18. The van der Waals surface area contributed by atoms with Crippen molar-refractivity contribution in [3.8, 4) is 0 Å². The minimum absolute atomic E-state index is 0.0713. The first-order chi connectivity index (χ1) is 12.6. The summed E-state index contributed by atoms with van der Waals surface area (Å²) in [5, 5.41) is 4.89. The van der Waals surface area contributed by atoms with E-state index in [4.69, 9.17) is 8.83 Å². The lowest BCUT2D eigenvalue weighted by Crippen LogP contribution is -2.32. The van der Waals surface area contributed by atoms with Gasteiger partial charge in [-0.1, -0.05) is 6.42 Å². The number of amides is 2. The van der Waals surface area contributed by atoms with Crippen molar-refractivity contribution in [2.24, 2.45) is 0 Å². The van der Waals surface area contributed by atoms with Crippen LogP contribution < -0.4 is 10.6 Å². The van der Waals surface area contributed by atoms with E-state index >= 15 is 0 Å². The summed E-state index contributed by atoms with van der Waals surface area (Å²) >= 11 is 0. The highest BCUT2D eigenvalue weighted by Gasteiger charge is 2.16. The average molecular weight is 360 g/mol. The smallest absolute Gasteiger partial charge is 0.294 e. The van der Waals surface area contributed by atoms with Gasteiger partial charge in [-0.15, -0.1) is 0 Å². The summed E-state index contributed by atoms with van der Waals surface area (Å²) in [6.45, 7) is 0.329. The van der Waals surface area contributed by atoms with Crippen LogP contribution >= 0.6 is 0 Å². The molecule has 2 aromatic heterocycles. The lowest BCUT2D eigenvalue weighted by molar-refractivity contribution is -0.137. The van der Waals surface area contributed by atoms with E-state index in [0.717, 1.165) is 0 Å². The Balaban J connectivity index is 1.53. The van der Waals surface area contributed by atoms with E-state index < -0.39 is 23.4 Å². The Bertz CT molecular complexity index is 670. The van der Waals surface area contributed by atoms with Crippen molar-refractivity contribution in [3.05, 3.63) is 42.6 Å². The van der Waals surface area contributed by atoms with E-state index in [0.29, 0.717) is 31.6 Å². The third-order valence-electron chi connectivity index (χ3n) is 3.55. The Kier molecular flexibility index (Phi) is 7.35. The third-order valence-corrected chi connectivity index (χ3v) is 3.55. The molecule has 8 heteroatoms. The number of carbonyl (C=O) groups is 4. The Morgan fingerprint density at radius 3 is 2.31 bits per heavy atom. The quantitative estimate of drug-likeness (QED) is 0.466. The summed E-state index contributed by atoms with van der Waals surface area (Å²) in [7, 11) is 0. The maximum absolute atomic E-state index is 11.7. The molecular weight excluding hydrogens is 340 g/mol. The van der Waals surface area contributed by atoms with Gasteiger partial charge in [0.2, 0.25) is 11.6 Å². The molecule has 2 N–H and O–H groups in total. The normalized spacial score (nSPS) is 10.3. The zero-order valence-electron chi connectivity index (χ0n) is 14.2. The van der Waals surface area contributed by atoms with Crippen LogP contribution in [-0.2, 0) is 25.6 Å². The molecule has 0 radical (unpaired) electrons. The van der Waals surface area contributed by atoms with Crippen LogP contribution in [0, 0.1) is 0 Å². The summed E-state index contributed by atoms with van der Waals surface area (Å²) in [6.07, 6.45) is 4.64. The van der Waals surface area contributed by atoms with Gasteiger partial charge in [0.25, 0.3) is 11.8 Å². The van der Waals surface area contributed by atoms with Gasteiger partial charge in [-0.2, -0.15) is 0 Å². The maximum Gasteiger partial charge on any atom is 0.294 e.